The molecule has 17 heavy (non-hydrogen) atoms. The van der Waals surface area contributed by atoms with E-state index in [0.717, 1.165) is 12.0 Å². The van der Waals surface area contributed by atoms with Gasteiger partial charge in [0.1, 0.15) is 0 Å². The molecule has 1 aliphatic carbocycles. The van der Waals surface area contributed by atoms with E-state index in [0.29, 0.717) is 6.04 Å². The monoisotopic (exact) mass is 239 g/mol. The van der Waals surface area contributed by atoms with Crippen molar-refractivity contribution in [2.75, 3.05) is 33.2 Å². The molecular formula is C14H29N3. The second kappa shape index (κ2) is 6.17. The predicted octanol–water partition coefficient (Wildman–Crippen LogP) is 1.53. The molecule has 1 saturated heterocycles. The summed E-state index contributed by atoms with van der Waals surface area (Å²) >= 11 is 0. The maximum absolute atomic E-state index is 5.97. The average Bonchev–Trinajstić information content (AvgIpc) is 2.34. The molecule has 100 valence electrons. The van der Waals surface area contributed by atoms with Gasteiger partial charge in [0.2, 0.25) is 0 Å². The zero-order chi connectivity index (χ0) is 12.3. The molecule has 0 aromatic rings. The number of rotatable bonds is 3. The molecule has 1 atom stereocenters. The fourth-order valence-electron chi connectivity index (χ4n) is 3.35. The zero-order valence-electron chi connectivity index (χ0n) is 11.6. The maximum atomic E-state index is 5.97. The number of nitrogens with two attached hydrogens (primary N) is 1. The number of hydrogen-bond acceptors (Lipinski definition) is 3. The van der Waals surface area contributed by atoms with Crippen molar-refractivity contribution in [1.82, 2.24) is 9.80 Å². The first kappa shape index (κ1) is 13.3. The smallest absolute Gasteiger partial charge is 0.0218 e. The van der Waals surface area contributed by atoms with Crippen LogP contribution in [0.15, 0.2) is 0 Å². The minimum Gasteiger partial charge on any atom is -0.328 e. The number of nitrogens with zero attached hydrogens (tertiary/aromatic N) is 2. The van der Waals surface area contributed by atoms with Crippen LogP contribution in [0.25, 0.3) is 0 Å². The molecular weight excluding hydrogens is 210 g/mol. The molecule has 0 radical (unpaired) electrons. The lowest BCUT2D eigenvalue weighted by molar-refractivity contribution is 0.0752. The highest BCUT2D eigenvalue weighted by molar-refractivity contribution is 4.82. The minimum absolute atomic E-state index is 0.488. The van der Waals surface area contributed by atoms with Crippen molar-refractivity contribution in [2.45, 2.75) is 51.1 Å². The van der Waals surface area contributed by atoms with Crippen molar-refractivity contribution in [3.63, 3.8) is 0 Å². The lowest BCUT2D eigenvalue weighted by Crippen LogP contribution is -2.52. The Hall–Kier alpha value is -0.120. The Kier molecular flexibility index (Phi) is 4.83. The van der Waals surface area contributed by atoms with Gasteiger partial charge in [-0.3, -0.25) is 0 Å². The van der Waals surface area contributed by atoms with Crippen LogP contribution in [0.3, 0.4) is 0 Å². The van der Waals surface area contributed by atoms with E-state index in [1.165, 1.54) is 58.3 Å². The molecule has 1 aliphatic heterocycles. The summed E-state index contributed by atoms with van der Waals surface area (Å²) in [5.74, 6) is 0.913. The first-order valence-corrected chi connectivity index (χ1v) is 7.37. The molecule has 2 N–H and O–H groups in total. The van der Waals surface area contributed by atoms with Crippen molar-refractivity contribution in [1.29, 1.82) is 0 Å². The summed E-state index contributed by atoms with van der Waals surface area (Å²) in [4.78, 5) is 5.21. The van der Waals surface area contributed by atoms with Gasteiger partial charge in [0.05, 0.1) is 0 Å². The van der Waals surface area contributed by atoms with E-state index in [-0.39, 0.29) is 0 Å². The van der Waals surface area contributed by atoms with Crippen LogP contribution >= 0.6 is 0 Å². The van der Waals surface area contributed by atoms with E-state index in [1.54, 1.807) is 0 Å². The van der Waals surface area contributed by atoms with E-state index in [9.17, 15) is 0 Å². The van der Waals surface area contributed by atoms with E-state index in [4.69, 9.17) is 5.73 Å². The fraction of sp³-hybridized carbons (Fsp3) is 1.00. The van der Waals surface area contributed by atoms with Gasteiger partial charge in [0, 0.05) is 38.3 Å². The van der Waals surface area contributed by atoms with Crippen molar-refractivity contribution in [3.05, 3.63) is 0 Å². The summed E-state index contributed by atoms with van der Waals surface area (Å²) in [6.07, 6.45) is 6.47. The molecule has 0 amide bonds. The van der Waals surface area contributed by atoms with Crippen LogP contribution in [-0.2, 0) is 0 Å². The molecule has 1 heterocycles. The minimum atomic E-state index is 0.488. The largest absolute Gasteiger partial charge is 0.328 e. The predicted molar refractivity (Wildman–Crippen MR) is 73.1 cm³/mol. The topological polar surface area (TPSA) is 32.5 Å². The normalized spacial score (nSPS) is 37.2. The standard InChI is InChI=1S/C14H29N3/c1-3-14-11-17(9-8-16(14)2)10-12-4-6-13(15)7-5-12/h12-14H,3-11,15H2,1-2H3. The van der Waals surface area contributed by atoms with Crippen LogP contribution in [0.2, 0.25) is 0 Å². The second-order valence-corrected chi connectivity index (χ2v) is 6.08. The van der Waals surface area contributed by atoms with Crippen molar-refractivity contribution >= 4 is 0 Å². The van der Waals surface area contributed by atoms with Gasteiger partial charge in [0.15, 0.2) is 0 Å². The van der Waals surface area contributed by atoms with Gasteiger partial charge in [-0.2, -0.15) is 0 Å². The maximum Gasteiger partial charge on any atom is 0.0218 e. The third kappa shape index (κ3) is 3.67. The van der Waals surface area contributed by atoms with Gasteiger partial charge in [-0.1, -0.05) is 6.92 Å². The molecule has 0 spiro atoms. The third-order valence-electron chi connectivity index (χ3n) is 4.74. The average molecular weight is 239 g/mol. The molecule has 3 nitrogen and oxygen atoms in total. The molecule has 2 rings (SSSR count). The van der Waals surface area contributed by atoms with Crippen LogP contribution in [0.5, 0.6) is 0 Å². The van der Waals surface area contributed by atoms with Gasteiger partial charge in [-0.25, -0.2) is 0 Å². The van der Waals surface area contributed by atoms with Gasteiger partial charge >= 0.3 is 0 Å². The number of piperazine rings is 1. The molecule has 0 bridgehead atoms. The number of hydrogen-bond donors (Lipinski definition) is 1. The van der Waals surface area contributed by atoms with Gasteiger partial charge < -0.3 is 15.5 Å². The summed E-state index contributed by atoms with van der Waals surface area (Å²) in [5.41, 5.74) is 5.97. The third-order valence-corrected chi connectivity index (χ3v) is 4.74. The molecule has 2 fully saturated rings. The SMILES string of the molecule is CCC1CN(CC2CCC(N)CC2)CCN1C. The van der Waals surface area contributed by atoms with E-state index < -0.39 is 0 Å². The summed E-state index contributed by atoms with van der Waals surface area (Å²) in [6.45, 7) is 7.40. The molecule has 0 aromatic heterocycles. The summed E-state index contributed by atoms with van der Waals surface area (Å²) in [5, 5.41) is 0. The van der Waals surface area contributed by atoms with E-state index in [2.05, 4.69) is 23.8 Å². The summed E-state index contributed by atoms with van der Waals surface area (Å²) < 4.78 is 0. The Morgan fingerprint density at radius 3 is 2.47 bits per heavy atom. The Morgan fingerprint density at radius 2 is 1.82 bits per heavy atom. The summed E-state index contributed by atoms with van der Waals surface area (Å²) in [6, 6.07) is 1.26. The van der Waals surface area contributed by atoms with E-state index >= 15 is 0 Å². The van der Waals surface area contributed by atoms with Crippen molar-refractivity contribution < 1.29 is 0 Å². The van der Waals surface area contributed by atoms with Crippen LogP contribution < -0.4 is 5.73 Å². The Balaban J connectivity index is 1.75. The first-order valence-electron chi connectivity index (χ1n) is 7.37. The molecule has 1 unspecified atom stereocenters. The van der Waals surface area contributed by atoms with Gasteiger partial charge in [0.25, 0.3) is 0 Å². The highest BCUT2D eigenvalue weighted by Gasteiger charge is 2.26. The molecule has 1 saturated carbocycles. The highest BCUT2D eigenvalue weighted by Crippen LogP contribution is 2.25. The second-order valence-electron chi connectivity index (χ2n) is 6.08. The van der Waals surface area contributed by atoms with Crippen molar-refractivity contribution in [3.8, 4) is 0 Å². The lowest BCUT2D eigenvalue weighted by atomic mass is 9.86. The molecule has 2 aliphatic rings. The van der Waals surface area contributed by atoms with Gasteiger partial charge in [-0.05, 0) is 45.1 Å². The first-order chi connectivity index (χ1) is 8.19. The molecule has 3 heteroatoms. The number of likely N-dealkylation sites (N-methyl/N-ethyl adjacent to an activating group) is 1. The molecule has 0 aromatic carbocycles. The highest BCUT2D eigenvalue weighted by atomic mass is 15.3. The fourth-order valence-corrected chi connectivity index (χ4v) is 3.35. The summed E-state index contributed by atoms with van der Waals surface area (Å²) in [7, 11) is 2.27. The van der Waals surface area contributed by atoms with E-state index in [1.807, 2.05) is 0 Å². The lowest BCUT2D eigenvalue weighted by Gasteiger charge is -2.41. The quantitative estimate of drug-likeness (QED) is 0.811. The van der Waals surface area contributed by atoms with Crippen molar-refractivity contribution in [2.24, 2.45) is 11.7 Å². The Bertz CT molecular complexity index is 224. The van der Waals surface area contributed by atoms with Crippen LogP contribution in [0.1, 0.15) is 39.0 Å². The van der Waals surface area contributed by atoms with Crippen LogP contribution in [0.4, 0.5) is 0 Å². The van der Waals surface area contributed by atoms with Crippen LogP contribution in [-0.4, -0.2) is 55.1 Å². The Labute approximate surface area is 106 Å². The van der Waals surface area contributed by atoms with Crippen LogP contribution in [0, 0.1) is 5.92 Å². The van der Waals surface area contributed by atoms with Gasteiger partial charge in [-0.15, -0.1) is 0 Å². The zero-order valence-corrected chi connectivity index (χ0v) is 11.6. The Morgan fingerprint density at radius 1 is 1.12 bits per heavy atom.